The first-order valence-corrected chi connectivity index (χ1v) is 23.7. The average Bonchev–Trinajstić information content (AvgIpc) is 4.14. The van der Waals surface area contributed by atoms with E-state index in [1.165, 1.54) is 61.9 Å². The molecular formula is C59H32N4OS2. The molecule has 0 fully saturated rings. The van der Waals surface area contributed by atoms with Crippen LogP contribution in [0.3, 0.4) is 0 Å². The molecule has 5 nitrogen and oxygen atoms in total. The van der Waals surface area contributed by atoms with E-state index in [9.17, 15) is 0 Å². The summed E-state index contributed by atoms with van der Waals surface area (Å²) in [6.07, 6.45) is 0. The van der Waals surface area contributed by atoms with E-state index in [0.29, 0.717) is 17.5 Å². The van der Waals surface area contributed by atoms with Gasteiger partial charge in [-0.25, -0.2) is 15.0 Å². The smallest absolute Gasteiger partial charge is 0.164 e. The third-order valence-electron chi connectivity index (χ3n) is 13.4. The topological polar surface area (TPSA) is 56.7 Å². The van der Waals surface area contributed by atoms with Crippen molar-refractivity contribution in [3.05, 3.63) is 194 Å². The molecule has 15 rings (SSSR count). The fourth-order valence-corrected chi connectivity index (χ4v) is 12.8. The number of hydrogen-bond donors (Lipinski definition) is 0. The fraction of sp³-hybridized carbons (Fsp3) is 0. The van der Waals surface area contributed by atoms with Crippen LogP contribution in [0.1, 0.15) is 0 Å². The number of fused-ring (bicyclic) bond motifs is 15. The Balaban J connectivity index is 1.08. The third-order valence-corrected chi connectivity index (χ3v) is 15.7. The molecule has 0 bridgehead atoms. The molecule has 0 unspecified atom stereocenters. The Morgan fingerprint density at radius 2 is 0.924 bits per heavy atom. The first kappa shape index (κ1) is 36.1. The number of benzene rings is 10. The highest BCUT2D eigenvalue weighted by molar-refractivity contribution is 7.26. The lowest BCUT2D eigenvalue weighted by Gasteiger charge is -2.15. The molecule has 0 aliphatic carbocycles. The lowest BCUT2D eigenvalue weighted by molar-refractivity contribution is 0.669. The van der Waals surface area contributed by atoms with Gasteiger partial charge in [-0.1, -0.05) is 140 Å². The van der Waals surface area contributed by atoms with Crippen LogP contribution < -0.4 is 0 Å². The predicted molar refractivity (Wildman–Crippen MR) is 279 cm³/mol. The van der Waals surface area contributed by atoms with Crippen LogP contribution in [0.2, 0.25) is 0 Å². The SMILES string of the molecule is c1ccc2cc3c(cc2c1)c1ccc2ccccc2c1n3-c1cc(-c2nc(-c3cccc4sc5ccccc5c34)nc(-c3cccc4sc5ccccc5c34)n2)cc2oc3ccccc3c12. The fourth-order valence-electron chi connectivity index (χ4n) is 10.5. The van der Waals surface area contributed by atoms with Gasteiger partial charge in [0.1, 0.15) is 11.2 Å². The summed E-state index contributed by atoms with van der Waals surface area (Å²) in [5.74, 6) is 1.82. The highest BCUT2D eigenvalue weighted by atomic mass is 32.1. The zero-order valence-corrected chi connectivity index (χ0v) is 36.6. The van der Waals surface area contributed by atoms with Gasteiger partial charge >= 0.3 is 0 Å². The Hall–Kier alpha value is -8.23. The molecule has 15 aromatic rings. The second-order valence-corrected chi connectivity index (χ2v) is 19.2. The van der Waals surface area contributed by atoms with E-state index < -0.39 is 0 Å². The van der Waals surface area contributed by atoms with E-state index in [0.717, 1.165) is 66.1 Å². The average molecular weight is 877 g/mol. The zero-order valence-electron chi connectivity index (χ0n) is 35.0. The molecular weight excluding hydrogens is 845 g/mol. The van der Waals surface area contributed by atoms with Crippen LogP contribution >= 0.6 is 22.7 Å². The minimum absolute atomic E-state index is 0.572. The van der Waals surface area contributed by atoms with Crippen molar-refractivity contribution in [1.29, 1.82) is 0 Å². The van der Waals surface area contributed by atoms with Crippen LogP contribution in [-0.4, -0.2) is 19.5 Å². The molecule has 5 aromatic heterocycles. The summed E-state index contributed by atoms with van der Waals surface area (Å²) in [4.78, 5) is 16.4. The van der Waals surface area contributed by atoms with E-state index in [4.69, 9.17) is 19.4 Å². The molecule has 0 saturated heterocycles. The normalized spacial score (nSPS) is 12.2. The summed E-state index contributed by atoms with van der Waals surface area (Å²) in [6.45, 7) is 0. The summed E-state index contributed by atoms with van der Waals surface area (Å²) in [7, 11) is 0. The van der Waals surface area contributed by atoms with E-state index in [-0.39, 0.29) is 0 Å². The minimum Gasteiger partial charge on any atom is -0.456 e. The van der Waals surface area contributed by atoms with Gasteiger partial charge in [0.25, 0.3) is 0 Å². The number of furan rings is 1. The molecule has 0 N–H and O–H groups in total. The maximum Gasteiger partial charge on any atom is 0.164 e. The molecule has 10 aromatic carbocycles. The maximum atomic E-state index is 6.87. The van der Waals surface area contributed by atoms with E-state index in [1.807, 2.05) is 6.07 Å². The monoisotopic (exact) mass is 876 g/mol. The molecule has 66 heavy (non-hydrogen) atoms. The van der Waals surface area contributed by atoms with Gasteiger partial charge < -0.3 is 8.98 Å². The summed E-state index contributed by atoms with van der Waals surface area (Å²) in [5.41, 5.74) is 7.64. The second-order valence-electron chi connectivity index (χ2n) is 17.1. The number of aromatic nitrogens is 4. The molecule has 7 heteroatoms. The van der Waals surface area contributed by atoms with E-state index in [1.54, 1.807) is 22.7 Å². The molecule has 0 atom stereocenters. The molecule has 5 heterocycles. The summed E-state index contributed by atoms with van der Waals surface area (Å²) in [5, 5.41) is 13.9. The first-order chi connectivity index (χ1) is 32.7. The van der Waals surface area contributed by atoms with Gasteiger partial charge in [-0.3, -0.25) is 0 Å². The number of nitrogens with zero attached hydrogens (tertiary/aromatic N) is 4. The van der Waals surface area contributed by atoms with Crippen LogP contribution in [0, 0.1) is 0 Å². The van der Waals surface area contributed by atoms with Crippen LogP contribution in [-0.2, 0) is 0 Å². The van der Waals surface area contributed by atoms with Crippen molar-refractivity contribution in [3.8, 4) is 39.9 Å². The van der Waals surface area contributed by atoms with Crippen molar-refractivity contribution in [2.45, 2.75) is 0 Å². The van der Waals surface area contributed by atoms with Crippen molar-refractivity contribution < 1.29 is 4.42 Å². The van der Waals surface area contributed by atoms with Crippen molar-refractivity contribution in [2.75, 3.05) is 0 Å². The van der Waals surface area contributed by atoms with Crippen molar-refractivity contribution >= 4 is 128 Å². The number of rotatable bonds is 4. The van der Waals surface area contributed by atoms with Crippen LogP contribution in [0.4, 0.5) is 0 Å². The molecule has 0 aliphatic rings. The van der Waals surface area contributed by atoms with Crippen molar-refractivity contribution in [1.82, 2.24) is 19.5 Å². The molecule has 306 valence electrons. The lowest BCUT2D eigenvalue weighted by atomic mass is 10.0. The molecule has 0 aliphatic heterocycles. The van der Waals surface area contributed by atoms with Gasteiger partial charge in [0.05, 0.1) is 22.1 Å². The summed E-state index contributed by atoms with van der Waals surface area (Å²) in [6, 6.07) is 69.6. The van der Waals surface area contributed by atoms with Gasteiger partial charge in [-0.05, 0) is 70.8 Å². The minimum atomic E-state index is 0.572. The van der Waals surface area contributed by atoms with E-state index >= 15 is 0 Å². The van der Waals surface area contributed by atoms with Crippen LogP contribution in [0.25, 0.3) is 145 Å². The highest BCUT2D eigenvalue weighted by Crippen LogP contribution is 2.46. The van der Waals surface area contributed by atoms with E-state index in [2.05, 4.69) is 193 Å². The van der Waals surface area contributed by atoms with Gasteiger partial charge in [0.15, 0.2) is 17.5 Å². The summed E-state index contributed by atoms with van der Waals surface area (Å²) < 4.78 is 14.2. The van der Waals surface area contributed by atoms with Crippen LogP contribution in [0.15, 0.2) is 199 Å². The highest BCUT2D eigenvalue weighted by Gasteiger charge is 2.24. The van der Waals surface area contributed by atoms with Gasteiger partial charge in [0.2, 0.25) is 0 Å². The largest absolute Gasteiger partial charge is 0.456 e. The maximum absolute atomic E-state index is 6.87. The Labute approximate surface area is 384 Å². The van der Waals surface area contributed by atoms with Crippen molar-refractivity contribution in [2.24, 2.45) is 0 Å². The standard InChI is InChI=1S/C59H32N4OS2/c1-2-15-35-30-45-44(29-34(35)14-1)38-28-27-33-13-3-4-16-37(33)56(38)63(45)46-31-36(32-48-55(46)39-17-5-8-22-47(39)64-48)57-60-58(42-20-11-25-51-53(42)40-18-6-9-23-49(40)65-51)62-59(61-57)43-21-12-26-52-54(43)41-19-7-10-24-50(41)66-52/h1-32H. The molecule has 0 saturated carbocycles. The lowest BCUT2D eigenvalue weighted by Crippen LogP contribution is -2.02. The first-order valence-electron chi connectivity index (χ1n) is 22.1. The number of hydrogen-bond acceptors (Lipinski definition) is 6. The Kier molecular flexibility index (Phi) is 7.47. The quantitative estimate of drug-likeness (QED) is 0.177. The number of para-hydroxylation sites is 1. The zero-order chi connectivity index (χ0) is 43.0. The third kappa shape index (κ3) is 5.18. The number of thiophene rings is 2. The second kappa shape index (κ2) is 13.6. The van der Waals surface area contributed by atoms with Gasteiger partial charge in [-0.2, -0.15) is 0 Å². The molecule has 0 spiro atoms. The van der Waals surface area contributed by atoms with Gasteiger partial charge in [0, 0.05) is 78.6 Å². The van der Waals surface area contributed by atoms with Crippen LogP contribution in [0.5, 0.6) is 0 Å². The molecule has 0 amide bonds. The summed E-state index contributed by atoms with van der Waals surface area (Å²) >= 11 is 3.60. The molecule has 0 radical (unpaired) electrons. The Bertz CT molecular complexity index is 4420. The predicted octanol–water partition coefficient (Wildman–Crippen LogP) is 16.9. The Morgan fingerprint density at radius 1 is 0.364 bits per heavy atom. The van der Waals surface area contributed by atoms with Crippen molar-refractivity contribution in [3.63, 3.8) is 0 Å². The van der Waals surface area contributed by atoms with Gasteiger partial charge in [-0.15, -0.1) is 22.7 Å². The Morgan fingerprint density at radius 3 is 1.62 bits per heavy atom.